The monoisotopic (exact) mass is 190 g/mol. The quantitative estimate of drug-likeness (QED) is 0.413. The number of hydrogen-bond donors (Lipinski definition) is 4. The molecule has 5 nitrogen and oxygen atoms in total. The van der Waals surface area contributed by atoms with E-state index in [1.165, 1.54) is 0 Å². The van der Waals surface area contributed by atoms with Gasteiger partial charge in [0, 0.05) is 0 Å². The summed E-state index contributed by atoms with van der Waals surface area (Å²) in [6.07, 6.45) is -0.466. The first-order valence-corrected chi connectivity index (χ1v) is 4.36. The molecule has 0 amide bonds. The Bertz CT molecular complexity index is 156. The zero-order valence-electron chi connectivity index (χ0n) is 8.92. The van der Waals surface area contributed by atoms with Crippen LogP contribution in [0.3, 0.4) is 0 Å². The Balaban J connectivity index is 4.22. The Labute approximate surface area is 80.0 Å². The molecular formula is C8H22N4O. The van der Waals surface area contributed by atoms with Crippen LogP contribution in [0.15, 0.2) is 0 Å². The fraction of sp³-hybridized carbons (Fsp3) is 1.00. The van der Waals surface area contributed by atoms with E-state index in [1.807, 2.05) is 20.8 Å². The molecule has 0 fully saturated rings. The summed E-state index contributed by atoms with van der Waals surface area (Å²) in [5.41, 5.74) is 15.6. The second kappa shape index (κ2) is 4.34. The summed E-state index contributed by atoms with van der Waals surface area (Å²) in [6, 6.07) is 0. The van der Waals surface area contributed by atoms with Gasteiger partial charge >= 0.3 is 0 Å². The molecule has 0 aliphatic rings. The van der Waals surface area contributed by atoms with Gasteiger partial charge in [0.15, 0.2) is 0 Å². The molecule has 1 unspecified atom stereocenters. The molecule has 0 rings (SSSR count). The number of likely N-dealkylation sites (N-methyl/N-ethyl adjacent to an activating group) is 1. The van der Waals surface area contributed by atoms with Gasteiger partial charge in [-0.25, -0.2) is 0 Å². The third kappa shape index (κ3) is 3.58. The molecule has 5 heteroatoms. The highest BCUT2D eigenvalue weighted by atomic mass is 16.5. The van der Waals surface area contributed by atoms with Gasteiger partial charge in [-0.3, -0.25) is 0 Å². The first kappa shape index (κ1) is 12.8. The van der Waals surface area contributed by atoms with E-state index < -0.39 is 17.4 Å². The van der Waals surface area contributed by atoms with E-state index in [-0.39, 0.29) is 0 Å². The van der Waals surface area contributed by atoms with Crippen molar-refractivity contribution >= 4 is 0 Å². The van der Waals surface area contributed by atoms with Gasteiger partial charge < -0.3 is 27.3 Å². The molecule has 80 valence electrons. The molecule has 0 bridgehead atoms. The van der Waals surface area contributed by atoms with Gasteiger partial charge in [0.2, 0.25) is 0 Å². The minimum absolute atomic E-state index is 0.293. The summed E-state index contributed by atoms with van der Waals surface area (Å²) in [4.78, 5) is 0. The second-order valence-corrected chi connectivity index (χ2v) is 3.94. The van der Waals surface area contributed by atoms with Crippen molar-refractivity contribution in [3.63, 3.8) is 0 Å². The smallest absolute Gasteiger partial charge is 0.0935 e. The molecule has 0 aromatic carbocycles. The van der Waals surface area contributed by atoms with Crippen molar-refractivity contribution in [1.82, 2.24) is 5.32 Å². The van der Waals surface area contributed by atoms with Crippen molar-refractivity contribution in [3.05, 3.63) is 0 Å². The summed E-state index contributed by atoms with van der Waals surface area (Å²) >= 11 is 0. The highest BCUT2D eigenvalue weighted by Crippen LogP contribution is 2.20. The van der Waals surface area contributed by atoms with E-state index >= 15 is 0 Å². The van der Waals surface area contributed by atoms with Crippen LogP contribution in [0.25, 0.3) is 0 Å². The fourth-order valence-corrected chi connectivity index (χ4v) is 0.756. The largest absolute Gasteiger partial charge is 0.369 e. The third-order valence-electron chi connectivity index (χ3n) is 2.41. The van der Waals surface area contributed by atoms with Crippen molar-refractivity contribution in [2.24, 2.45) is 17.2 Å². The highest BCUT2D eigenvalue weighted by Gasteiger charge is 2.37. The molecule has 0 aliphatic heterocycles. The molecule has 0 aromatic heterocycles. The zero-order chi connectivity index (χ0) is 10.7. The fourth-order valence-electron chi connectivity index (χ4n) is 0.756. The summed E-state index contributed by atoms with van der Waals surface area (Å²) < 4.78 is 5.51. The molecule has 0 saturated heterocycles. The lowest BCUT2D eigenvalue weighted by molar-refractivity contribution is -0.0800. The number of nitrogens with two attached hydrogens (primary N) is 3. The van der Waals surface area contributed by atoms with E-state index in [9.17, 15) is 0 Å². The minimum Gasteiger partial charge on any atom is -0.369 e. The third-order valence-corrected chi connectivity index (χ3v) is 2.41. The van der Waals surface area contributed by atoms with Crippen LogP contribution in [0.2, 0.25) is 0 Å². The number of nitrogens with one attached hydrogen (secondary N) is 1. The maximum absolute atomic E-state index is 5.96. The van der Waals surface area contributed by atoms with Crippen LogP contribution in [0.1, 0.15) is 20.8 Å². The van der Waals surface area contributed by atoms with E-state index in [2.05, 4.69) is 5.32 Å². The van der Waals surface area contributed by atoms with Crippen LogP contribution in [-0.4, -0.2) is 31.1 Å². The predicted octanol–water partition coefficient (Wildman–Crippen LogP) is -1.08. The van der Waals surface area contributed by atoms with Gasteiger partial charge in [0.1, 0.15) is 0 Å². The molecule has 0 heterocycles. The average Bonchev–Trinajstić information content (AvgIpc) is 2.01. The number of ether oxygens (including phenoxy) is 1. The van der Waals surface area contributed by atoms with Crippen molar-refractivity contribution in [3.8, 4) is 0 Å². The first-order valence-electron chi connectivity index (χ1n) is 4.36. The normalized spacial score (nSPS) is 17.5. The molecule has 13 heavy (non-hydrogen) atoms. The maximum Gasteiger partial charge on any atom is 0.0935 e. The van der Waals surface area contributed by atoms with Crippen molar-refractivity contribution in [2.45, 2.75) is 38.2 Å². The van der Waals surface area contributed by atoms with E-state index in [1.54, 1.807) is 7.05 Å². The molecule has 0 aromatic rings. The summed E-state index contributed by atoms with van der Waals surface area (Å²) in [5, 5.41) is 2.98. The van der Waals surface area contributed by atoms with Crippen LogP contribution in [0.5, 0.6) is 0 Å². The summed E-state index contributed by atoms with van der Waals surface area (Å²) in [5.74, 6) is 0. The maximum atomic E-state index is 5.96. The molecule has 0 aliphatic carbocycles. The first-order chi connectivity index (χ1) is 5.73. The van der Waals surface area contributed by atoms with Gasteiger partial charge in [0.05, 0.1) is 24.0 Å². The van der Waals surface area contributed by atoms with Crippen LogP contribution in [0, 0.1) is 0 Å². The lowest BCUT2D eigenvalue weighted by Crippen LogP contribution is -2.65. The SMILES string of the molecule is CNC(C)(N)C(C)(C)OCC(N)N. The predicted molar refractivity (Wildman–Crippen MR) is 53.8 cm³/mol. The van der Waals surface area contributed by atoms with Crippen molar-refractivity contribution < 1.29 is 4.74 Å². The van der Waals surface area contributed by atoms with Gasteiger partial charge in [-0.15, -0.1) is 0 Å². The molecule has 1 atom stereocenters. The molecule has 7 N–H and O–H groups in total. The van der Waals surface area contributed by atoms with Gasteiger partial charge in [0.25, 0.3) is 0 Å². The number of rotatable bonds is 5. The van der Waals surface area contributed by atoms with E-state index in [0.717, 1.165) is 0 Å². The van der Waals surface area contributed by atoms with Gasteiger partial charge in [-0.2, -0.15) is 0 Å². The Hall–Kier alpha value is -0.200. The summed E-state index contributed by atoms with van der Waals surface area (Å²) in [6.45, 7) is 5.94. The average molecular weight is 190 g/mol. The summed E-state index contributed by atoms with van der Waals surface area (Å²) in [7, 11) is 1.79. The van der Waals surface area contributed by atoms with E-state index in [4.69, 9.17) is 21.9 Å². The van der Waals surface area contributed by atoms with Crippen LogP contribution < -0.4 is 22.5 Å². The number of hydrogen-bond acceptors (Lipinski definition) is 5. The van der Waals surface area contributed by atoms with Crippen LogP contribution >= 0.6 is 0 Å². The van der Waals surface area contributed by atoms with Crippen molar-refractivity contribution in [1.29, 1.82) is 0 Å². The van der Waals surface area contributed by atoms with Crippen LogP contribution in [-0.2, 0) is 4.74 Å². The molecule has 0 radical (unpaired) electrons. The molecule has 0 saturated carbocycles. The Kier molecular flexibility index (Phi) is 4.28. The lowest BCUT2D eigenvalue weighted by Gasteiger charge is -2.41. The Morgan fingerprint density at radius 3 is 2.08 bits per heavy atom. The highest BCUT2D eigenvalue weighted by molar-refractivity contribution is 4.92. The lowest BCUT2D eigenvalue weighted by atomic mass is 9.93. The van der Waals surface area contributed by atoms with E-state index in [0.29, 0.717) is 6.61 Å². The molecular weight excluding hydrogens is 168 g/mol. The minimum atomic E-state index is -0.609. The van der Waals surface area contributed by atoms with Gasteiger partial charge in [-0.1, -0.05) is 0 Å². The second-order valence-electron chi connectivity index (χ2n) is 3.94. The Morgan fingerprint density at radius 2 is 1.77 bits per heavy atom. The Morgan fingerprint density at radius 1 is 1.31 bits per heavy atom. The standard InChI is InChI=1S/C8H22N4O/c1-7(2,8(3,11)12-4)13-5-6(9)10/h6,12H,5,9-11H2,1-4H3. The topological polar surface area (TPSA) is 99.3 Å². The van der Waals surface area contributed by atoms with Crippen LogP contribution in [0.4, 0.5) is 0 Å². The zero-order valence-corrected chi connectivity index (χ0v) is 8.92. The van der Waals surface area contributed by atoms with Gasteiger partial charge in [-0.05, 0) is 27.8 Å². The van der Waals surface area contributed by atoms with Crippen molar-refractivity contribution in [2.75, 3.05) is 13.7 Å². The molecule has 0 spiro atoms.